The van der Waals surface area contributed by atoms with Crippen LogP contribution in [-0.4, -0.2) is 42.6 Å². The van der Waals surface area contributed by atoms with Crippen molar-refractivity contribution in [2.24, 2.45) is 0 Å². The molecule has 0 fully saturated rings. The van der Waals surface area contributed by atoms with Gasteiger partial charge in [0.25, 0.3) is 0 Å². The van der Waals surface area contributed by atoms with E-state index in [-0.39, 0.29) is 31.8 Å². The van der Waals surface area contributed by atoms with Crippen LogP contribution in [0.25, 0.3) is 0 Å². The molecule has 0 saturated heterocycles. The third kappa shape index (κ3) is 17.3. The first-order valence-electron chi connectivity index (χ1n) is 13.2. The van der Waals surface area contributed by atoms with Gasteiger partial charge in [0.1, 0.15) is 6.61 Å². The van der Waals surface area contributed by atoms with Crippen LogP contribution in [0.5, 0.6) is 0 Å². The molecule has 0 radical (unpaired) electrons. The summed E-state index contributed by atoms with van der Waals surface area (Å²) in [6.45, 7) is 15.2. The molecule has 1 aromatic carbocycles. The Bertz CT molecular complexity index is 566. The van der Waals surface area contributed by atoms with Gasteiger partial charge in [-0.2, -0.15) is 0 Å². The summed E-state index contributed by atoms with van der Waals surface area (Å²) in [6.07, 6.45) is 11.3. The zero-order chi connectivity index (χ0) is 24.8. The summed E-state index contributed by atoms with van der Waals surface area (Å²) in [5, 5.41) is 10.1. The van der Waals surface area contributed by atoms with Gasteiger partial charge in [0.15, 0.2) is 0 Å². The SMILES string of the molecule is CCCC[N+](CCCC)(CCCC)CCCC.O=C([O-])CCCC(=O)OCc1ccccc1. The van der Waals surface area contributed by atoms with Crippen LogP contribution in [0.4, 0.5) is 0 Å². The summed E-state index contributed by atoms with van der Waals surface area (Å²) in [5.41, 5.74) is 0.913. The van der Waals surface area contributed by atoms with Crippen LogP contribution >= 0.6 is 0 Å². The number of ether oxygens (including phenoxy) is 1. The fraction of sp³-hybridized carbons (Fsp3) is 0.714. The maximum Gasteiger partial charge on any atom is 0.306 e. The number of rotatable bonds is 18. The number of hydrogen-bond acceptors (Lipinski definition) is 4. The Morgan fingerprint density at radius 2 is 1.18 bits per heavy atom. The Balaban J connectivity index is 0.000000621. The van der Waals surface area contributed by atoms with Gasteiger partial charge in [-0.05, 0) is 44.1 Å². The molecule has 0 aromatic heterocycles. The molecule has 0 unspecified atom stereocenters. The van der Waals surface area contributed by atoms with E-state index >= 15 is 0 Å². The normalized spacial score (nSPS) is 10.9. The van der Waals surface area contributed by atoms with Crippen LogP contribution in [0.15, 0.2) is 30.3 Å². The maximum absolute atomic E-state index is 11.2. The van der Waals surface area contributed by atoms with E-state index in [1.165, 1.54) is 82.0 Å². The minimum absolute atomic E-state index is 0.111. The number of quaternary nitrogens is 1. The van der Waals surface area contributed by atoms with E-state index < -0.39 is 5.97 Å². The fourth-order valence-corrected chi connectivity index (χ4v) is 3.83. The molecule has 33 heavy (non-hydrogen) atoms. The highest BCUT2D eigenvalue weighted by Crippen LogP contribution is 2.16. The highest BCUT2D eigenvalue weighted by Gasteiger charge is 2.24. The summed E-state index contributed by atoms with van der Waals surface area (Å²) in [7, 11) is 0. The van der Waals surface area contributed by atoms with Crippen molar-refractivity contribution in [3.63, 3.8) is 0 Å². The summed E-state index contributed by atoms with van der Waals surface area (Å²) < 4.78 is 6.38. The molecule has 1 rings (SSSR count). The minimum Gasteiger partial charge on any atom is -0.550 e. The highest BCUT2D eigenvalue weighted by molar-refractivity contribution is 5.70. The highest BCUT2D eigenvalue weighted by atomic mass is 16.5. The van der Waals surface area contributed by atoms with E-state index in [0.29, 0.717) is 0 Å². The van der Waals surface area contributed by atoms with E-state index in [2.05, 4.69) is 27.7 Å². The van der Waals surface area contributed by atoms with Gasteiger partial charge in [-0.25, -0.2) is 0 Å². The zero-order valence-corrected chi connectivity index (χ0v) is 21.8. The molecule has 5 heteroatoms. The number of unbranched alkanes of at least 4 members (excludes halogenated alkanes) is 4. The molecule has 0 spiro atoms. The summed E-state index contributed by atoms with van der Waals surface area (Å²) >= 11 is 0. The fourth-order valence-electron chi connectivity index (χ4n) is 3.83. The monoisotopic (exact) mass is 463 g/mol. The lowest BCUT2D eigenvalue weighted by Gasteiger charge is -2.39. The second-order valence-electron chi connectivity index (χ2n) is 9.02. The molecular weight excluding hydrogens is 414 g/mol. The Hall–Kier alpha value is -1.88. The van der Waals surface area contributed by atoms with Crippen LogP contribution in [0.2, 0.25) is 0 Å². The third-order valence-corrected chi connectivity index (χ3v) is 5.95. The molecule has 0 saturated carbocycles. The number of carboxylic acid groups (broad SMARTS) is 1. The molecule has 0 atom stereocenters. The number of nitrogens with zero attached hydrogens (tertiary/aromatic N) is 1. The third-order valence-electron chi connectivity index (χ3n) is 5.95. The number of carbonyl (C=O) groups excluding carboxylic acids is 2. The molecule has 0 heterocycles. The van der Waals surface area contributed by atoms with Crippen molar-refractivity contribution in [1.82, 2.24) is 0 Å². The Kier molecular flexibility index (Phi) is 19.5. The molecule has 0 aliphatic heterocycles. The van der Waals surface area contributed by atoms with Gasteiger partial charge in [-0.1, -0.05) is 83.7 Å². The van der Waals surface area contributed by atoms with E-state index in [1.54, 1.807) is 0 Å². The quantitative estimate of drug-likeness (QED) is 0.208. The molecule has 0 N–H and O–H groups in total. The van der Waals surface area contributed by atoms with E-state index in [4.69, 9.17) is 4.74 Å². The predicted octanol–water partition coefficient (Wildman–Crippen LogP) is 5.65. The van der Waals surface area contributed by atoms with E-state index in [9.17, 15) is 14.7 Å². The predicted molar refractivity (Wildman–Crippen MR) is 134 cm³/mol. The van der Waals surface area contributed by atoms with Gasteiger partial charge in [0.2, 0.25) is 0 Å². The summed E-state index contributed by atoms with van der Waals surface area (Å²) in [6, 6.07) is 9.31. The van der Waals surface area contributed by atoms with E-state index in [1.807, 2.05) is 30.3 Å². The van der Waals surface area contributed by atoms with Gasteiger partial charge in [-0.3, -0.25) is 4.79 Å². The topological polar surface area (TPSA) is 66.4 Å². The molecule has 1 aromatic rings. The lowest BCUT2D eigenvalue weighted by molar-refractivity contribution is -0.929. The number of aliphatic carboxylic acids is 1. The first-order valence-corrected chi connectivity index (χ1v) is 13.2. The summed E-state index contributed by atoms with van der Waals surface area (Å²) in [5.74, 6) is -1.53. The van der Waals surface area contributed by atoms with Crippen molar-refractivity contribution in [3.05, 3.63) is 35.9 Å². The molecular formula is C28H49NO4. The molecule has 0 aliphatic carbocycles. The van der Waals surface area contributed by atoms with Crippen molar-refractivity contribution in [3.8, 4) is 0 Å². The Labute approximate surface area is 203 Å². The summed E-state index contributed by atoms with van der Waals surface area (Å²) in [4.78, 5) is 21.3. The van der Waals surface area contributed by atoms with Crippen molar-refractivity contribution in [2.75, 3.05) is 26.2 Å². The minimum atomic E-state index is -1.14. The van der Waals surface area contributed by atoms with Gasteiger partial charge in [-0.15, -0.1) is 0 Å². The molecule has 5 nitrogen and oxygen atoms in total. The van der Waals surface area contributed by atoms with Gasteiger partial charge in [0, 0.05) is 12.4 Å². The number of benzene rings is 1. The number of esters is 1. The Morgan fingerprint density at radius 3 is 1.58 bits per heavy atom. The maximum atomic E-state index is 11.2. The van der Waals surface area contributed by atoms with Crippen LogP contribution in [0.3, 0.4) is 0 Å². The molecule has 190 valence electrons. The first kappa shape index (κ1) is 31.1. The molecule has 0 bridgehead atoms. The van der Waals surface area contributed by atoms with Crippen LogP contribution in [-0.2, 0) is 20.9 Å². The average Bonchev–Trinajstić information content (AvgIpc) is 2.82. The standard InChI is InChI=1S/C16H36N.C12H14O4/c1-5-9-13-17(14-10-6-2,15-11-7-3)16-12-8-4;13-11(14)7-4-8-12(15)16-9-10-5-2-1-3-6-10/h5-16H2,1-4H3;1-3,5-6H,4,7-9H2,(H,13,14)/q+1;/p-1. The number of hydrogen-bond donors (Lipinski definition) is 0. The van der Waals surface area contributed by atoms with Crippen LogP contribution < -0.4 is 5.11 Å². The molecule has 0 aliphatic rings. The van der Waals surface area contributed by atoms with Crippen molar-refractivity contribution >= 4 is 11.9 Å². The lowest BCUT2D eigenvalue weighted by Crippen LogP contribution is -2.50. The van der Waals surface area contributed by atoms with Crippen molar-refractivity contribution < 1.29 is 23.9 Å². The largest absolute Gasteiger partial charge is 0.550 e. The van der Waals surface area contributed by atoms with E-state index in [0.717, 1.165) is 5.56 Å². The number of carboxylic acids is 1. The second-order valence-corrected chi connectivity index (χ2v) is 9.02. The second kappa shape index (κ2) is 20.7. The van der Waals surface area contributed by atoms with Gasteiger partial charge >= 0.3 is 5.97 Å². The first-order chi connectivity index (χ1) is 15.9. The smallest absolute Gasteiger partial charge is 0.306 e. The lowest BCUT2D eigenvalue weighted by atomic mass is 10.1. The van der Waals surface area contributed by atoms with Crippen LogP contribution in [0, 0.1) is 0 Å². The molecule has 0 amide bonds. The zero-order valence-electron chi connectivity index (χ0n) is 21.8. The van der Waals surface area contributed by atoms with Crippen molar-refractivity contribution in [2.45, 2.75) is 105 Å². The Morgan fingerprint density at radius 1 is 0.727 bits per heavy atom. The van der Waals surface area contributed by atoms with Gasteiger partial charge < -0.3 is 19.1 Å². The van der Waals surface area contributed by atoms with Gasteiger partial charge in [0.05, 0.1) is 26.2 Å². The number of carbonyl (C=O) groups is 2. The van der Waals surface area contributed by atoms with Crippen LogP contribution in [0.1, 0.15) is 104 Å². The van der Waals surface area contributed by atoms with Crippen molar-refractivity contribution in [1.29, 1.82) is 0 Å². The average molecular weight is 464 g/mol.